The molecule has 0 aliphatic rings. The molecule has 3 heteroatoms. The van der Waals surface area contributed by atoms with Crippen molar-refractivity contribution in [3.63, 3.8) is 0 Å². The molecule has 2 rings (SSSR count). The molecule has 13 heavy (non-hydrogen) atoms. The summed E-state index contributed by atoms with van der Waals surface area (Å²) in [4.78, 5) is 3.93. The van der Waals surface area contributed by atoms with E-state index in [2.05, 4.69) is 11.1 Å². The first kappa shape index (κ1) is 7.81. The highest BCUT2D eigenvalue weighted by Crippen LogP contribution is 2.23. The van der Waals surface area contributed by atoms with Crippen LogP contribution in [0.5, 0.6) is 0 Å². The molecule has 0 aliphatic heterocycles. The summed E-state index contributed by atoms with van der Waals surface area (Å²) in [7, 11) is 0. The van der Waals surface area contributed by atoms with Gasteiger partial charge in [0.25, 0.3) is 0 Å². The first-order chi connectivity index (χ1) is 6.31. The molecule has 0 radical (unpaired) electrons. The van der Waals surface area contributed by atoms with E-state index in [4.69, 9.17) is 9.68 Å². The zero-order chi connectivity index (χ0) is 9.26. The normalized spacial score (nSPS) is 12.6. The van der Waals surface area contributed by atoms with Gasteiger partial charge in [-0.3, -0.25) is 4.98 Å². The maximum absolute atomic E-state index is 8.69. The van der Waals surface area contributed by atoms with E-state index >= 15 is 0 Å². The van der Waals surface area contributed by atoms with Gasteiger partial charge in [-0.25, -0.2) is 0 Å². The summed E-state index contributed by atoms with van der Waals surface area (Å²) >= 11 is 0. The maximum atomic E-state index is 8.69. The van der Waals surface area contributed by atoms with Crippen LogP contribution in [-0.2, 0) is 0 Å². The van der Waals surface area contributed by atoms with Crippen molar-refractivity contribution in [1.29, 1.82) is 5.26 Å². The molecule has 0 fully saturated rings. The van der Waals surface area contributed by atoms with Crippen LogP contribution in [-0.4, -0.2) is 4.98 Å². The molecule has 1 unspecified atom stereocenters. The first-order valence-corrected chi connectivity index (χ1v) is 4.04. The number of aromatic nitrogens is 1. The van der Waals surface area contributed by atoms with E-state index in [0.29, 0.717) is 5.76 Å². The highest BCUT2D eigenvalue weighted by atomic mass is 16.3. The van der Waals surface area contributed by atoms with Crippen molar-refractivity contribution in [1.82, 2.24) is 4.98 Å². The molecule has 2 heterocycles. The molecule has 1 atom stereocenters. The van der Waals surface area contributed by atoms with Crippen molar-refractivity contribution in [3.05, 3.63) is 30.3 Å². The Hall–Kier alpha value is -1.82. The third-order valence-electron chi connectivity index (χ3n) is 1.96. The van der Waals surface area contributed by atoms with Gasteiger partial charge in [-0.1, -0.05) is 0 Å². The van der Waals surface area contributed by atoms with Crippen molar-refractivity contribution in [3.8, 4) is 6.07 Å². The predicted molar refractivity (Wildman–Crippen MR) is 48.0 cm³/mol. The van der Waals surface area contributed by atoms with Gasteiger partial charge in [0.05, 0.1) is 12.3 Å². The van der Waals surface area contributed by atoms with Crippen LogP contribution in [0.1, 0.15) is 18.6 Å². The number of fused-ring (bicyclic) bond motifs is 1. The van der Waals surface area contributed by atoms with Crippen LogP contribution < -0.4 is 0 Å². The van der Waals surface area contributed by atoms with E-state index in [9.17, 15) is 0 Å². The number of hydrogen-bond donors (Lipinski definition) is 0. The molecule has 2 aromatic rings. The standard InChI is InChI=1S/C10H8N2O/c1-7(5-11)9-4-8-2-3-12-6-10(8)13-9/h2-4,6-7H,1H3. The summed E-state index contributed by atoms with van der Waals surface area (Å²) < 4.78 is 5.44. The highest BCUT2D eigenvalue weighted by molar-refractivity contribution is 5.76. The number of hydrogen-bond acceptors (Lipinski definition) is 3. The molecule has 0 aliphatic carbocycles. The molecule has 0 bridgehead atoms. The van der Waals surface area contributed by atoms with Gasteiger partial charge < -0.3 is 4.42 Å². The summed E-state index contributed by atoms with van der Waals surface area (Å²) in [6.07, 6.45) is 3.36. The van der Waals surface area contributed by atoms with Crippen LogP contribution >= 0.6 is 0 Å². The molecule has 0 saturated carbocycles. The largest absolute Gasteiger partial charge is 0.458 e. The number of furan rings is 1. The summed E-state index contributed by atoms with van der Waals surface area (Å²) in [6, 6.07) is 5.88. The van der Waals surface area contributed by atoms with Gasteiger partial charge >= 0.3 is 0 Å². The molecule has 0 amide bonds. The third kappa shape index (κ3) is 1.27. The smallest absolute Gasteiger partial charge is 0.152 e. The Morgan fingerprint density at radius 2 is 2.46 bits per heavy atom. The second-order valence-corrected chi connectivity index (χ2v) is 2.91. The Morgan fingerprint density at radius 1 is 1.62 bits per heavy atom. The topological polar surface area (TPSA) is 49.8 Å². The van der Waals surface area contributed by atoms with Crippen LogP contribution in [0.4, 0.5) is 0 Å². The SMILES string of the molecule is CC(C#N)c1cc2ccncc2o1. The van der Waals surface area contributed by atoms with Crippen molar-refractivity contribution >= 4 is 11.0 Å². The van der Waals surface area contributed by atoms with Crippen molar-refractivity contribution < 1.29 is 4.42 Å². The van der Waals surface area contributed by atoms with Gasteiger partial charge in [0.15, 0.2) is 5.58 Å². The lowest BCUT2D eigenvalue weighted by Gasteiger charge is -1.92. The molecule has 0 aromatic carbocycles. The van der Waals surface area contributed by atoms with Gasteiger partial charge in [-0.05, 0) is 19.1 Å². The summed E-state index contributed by atoms with van der Waals surface area (Å²) in [5.74, 6) is 0.498. The quantitative estimate of drug-likeness (QED) is 0.663. The summed E-state index contributed by atoms with van der Waals surface area (Å²) in [6.45, 7) is 1.81. The van der Waals surface area contributed by atoms with Crippen molar-refractivity contribution in [2.24, 2.45) is 0 Å². The van der Waals surface area contributed by atoms with E-state index in [1.54, 1.807) is 12.4 Å². The van der Waals surface area contributed by atoms with Crippen LogP contribution in [0.3, 0.4) is 0 Å². The monoisotopic (exact) mass is 172 g/mol. The lowest BCUT2D eigenvalue weighted by atomic mass is 10.1. The van der Waals surface area contributed by atoms with Crippen LogP contribution in [0.25, 0.3) is 11.0 Å². The number of rotatable bonds is 1. The van der Waals surface area contributed by atoms with Gasteiger partial charge in [0.1, 0.15) is 11.7 Å². The fraction of sp³-hybridized carbons (Fsp3) is 0.200. The Bertz CT molecular complexity index is 434. The Labute approximate surface area is 75.6 Å². The average molecular weight is 172 g/mol. The van der Waals surface area contributed by atoms with Gasteiger partial charge in [-0.2, -0.15) is 5.26 Å². The molecular weight excluding hydrogens is 164 g/mol. The predicted octanol–water partition coefficient (Wildman–Crippen LogP) is 2.45. The van der Waals surface area contributed by atoms with Crippen LogP contribution in [0, 0.1) is 11.3 Å². The zero-order valence-electron chi connectivity index (χ0n) is 7.19. The first-order valence-electron chi connectivity index (χ1n) is 4.04. The molecule has 0 N–H and O–H groups in total. The van der Waals surface area contributed by atoms with E-state index in [0.717, 1.165) is 11.0 Å². The maximum Gasteiger partial charge on any atom is 0.152 e. The second kappa shape index (κ2) is 2.91. The van der Waals surface area contributed by atoms with E-state index in [-0.39, 0.29) is 5.92 Å². The fourth-order valence-corrected chi connectivity index (χ4v) is 1.18. The van der Waals surface area contributed by atoms with Gasteiger partial charge in [-0.15, -0.1) is 0 Å². The van der Waals surface area contributed by atoms with E-state index in [1.807, 2.05) is 19.1 Å². The Morgan fingerprint density at radius 3 is 3.15 bits per heavy atom. The molecular formula is C10H8N2O. The lowest BCUT2D eigenvalue weighted by molar-refractivity contribution is 0.539. The summed E-state index contributed by atoms with van der Waals surface area (Å²) in [5, 5.41) is 9.68. The lowest BCUT2D eigenvalue weighted by Crippen LogP contribution is -1.83. The molecule has 64 valence electrons. The number of pyridine rings is 1. The van der Waals surface area contributed by atoms with Gasteiger partial charge in [0.2, 0.25) is 0 Å². The third-order valence-corrected chi connectivity index (χ3v) is 1.96. The highest BCUT2D eigenvalue weighted by Gasteiger charge is 2.09. The minimum Gasteiger partial charge on any atom is -0.458 e. The second-order valence-electron chi connectivity index (χ2n) is 2.91. The summed E-state index contributed by atoms with van der Waals surface area (Å²) in [5.41, 5.74) is 0.736. The number of nitrogens with zero attached hydrogens (tertiary/aromatic N) is 2. The zero-order valence-corrected chi connectivity index (χ0v) is 7.19. The van der Waals surface area contributed by atoms with Crippen molar-refractivity contribution in [2.45, 2.75) is 12.8 Å². The van der Waals surface area contributed by atoms with Crippen molar-refractivity contribution in [2.75, 3.05) is 0 Å². The number of nitriles is 1. The molecule has 0 spiro atoms. The van der Waals surface area contributed by atoms with Crippen LogP contribution in [0.2, 0.25) is 0 Å². The molecule has 0 saturated heterocycles. The minimum atomic E-state index is -0.201. The molecule has 3 nitrogen and oxygen atoms in total. The van der Waals surface area contributed by atoms with E-state index < -0.39 is 0 Å². The van der Waals surface area contributed by atoms with Crippen LogP contribution in [0.15, 0.2) is 28.9 Å². The minimum absolute atomic E-state index is 0.201. The van der Waals surface area contributed by atoms with E-state index in [1.165, 1.54) is 0 Å². The fourth-order valence-electron chi connectivity index (χ4n) is 1.18. The average Bonchev–Trinajstić information content (AvgIpc) is 2.59. The molecule has 2 aromatic heterocycles. The Kier molecular flexibility index (Phi) is 1.75. The van der Waals surface area contributed by atoms with Gasteiger partial charge in [0, 0.05) is 11.6 Å². The Balaban J connectivity index is 2.57.